The average molecular weight is 468 g/mol. The molecule has 140 valence electrons. The van der Waals surface area contributed by atoms with Crippen molar-refractivity contribution in [2.24, 2.45) is 4.99 Å². The predicted molar refractivity (Wildman–Crippen MR) is 112 cm³/mol. The number of hydrogen-bond donors (Lipinski definition) is 2. The fourth-order valence-electron chi connectivity index (χ4n) is 2.20. The summed E-state index contributed by atoms with van der Waals surface area (Å²) >= 11 is 0. The van der Waals surface area contributed by atoms with Crippen LogP contribution in [0.15, 0.2) is 52.1 Å². The molecule has 2 rings (SSSR count). The molecular weight excluding hydrogens is 443 g/mol. The lowest BCUT2D eigenvalue weighted by Gasteiger charge is -2.11. The van der Waals surface area contributed by atoms with Crippen LogP contribution in [0.5, 0.6) is 0 Å². The van der Waals surface area contributed by atoms with Crippen molar-refractivity contribution in [2.75, 3.05) is 19.7 Å². The number of rotatable bonds is 9. The Labute approximate surface area is 171 Å². The molecule has 6 nitrogen and oxygen atoms in total. The van der Waals surface area contributed by atoms with Gasteiger partial charge in [-0.05, 0) is 43.2 Å². The maximum atomic E-state index is 8.94. The summed E-state index contributed by atoms with van der Waals surface area (Å²) in [5.41, 5.74) is 1.66. The van der Waals surface area contributed by atoms with E-state index in [4.69, 9.17) is 14.4 Å². The van der Waals surface area contributed by atoms with Crippen molar-refractivity contribution in [2.45, 2.75) is 26.5 Å². The molecule has 1 aromatic heterocycles. The molecule has 0 unspecified atom stereocenters. The van der Waals surface area contributed by atoms with Gasteiger partial charge in [-0.25, -0.2) is 4.99 Å². The molecule has 0 saturated carbocycles. The minimum absolute atomic E-state index is 0. The van der Waals surface area contributed by atoms with E-state index in [9.17, 15) is 0 Å². The van der Waals surface area contributed by atoms with Gasteiger partial charge in [0.1, 0.15) is 12.4 Å². The van der Waals surface area contributed by atoms with Gasteiger partial charge in [0.15, 0.2) is 5.96 Å². The van der Waals surface area contributed by atoms with Gasteiger partial charge in [0.05, 0.1) is 24.4 Å². The Balaban J connectivity index is 0.00000338. The lowest BCUT2D eigenvalue weighted by Crippen LogP contribution is -2.38. The van der Waals surface area contributed by atoms with Crippen molar-refractivity contribution < 1.29 is 9.15 Å². The molecule has 7 heteroatoms. The van der Waals surface area contributed by atoms with E-state index >= 15 is 0 Å². The van der Waals surface area contributed by atoms with E-state index in [1.54, 1.807) is 12.3 Å². The Morgan fingerprint density at radius 2 is 2.15 bits per heavy atom. The average Bonchev–Trinajstić information content (AvgIpc) is 3.16. The van der Waals surface area contributed by atoms with E-state index in [2.05, 4.69) is 21.7 Å². The largest absolute Gasteiger partial charge is 0.467 e. The van der Waals surface area contributed by atoms with Crippen LogP contribution in [-0.4, -0.2) is 25.7 Å². The maximum Gasteiger partial charge on any atom is 0.191 e. The molecule has 1 aromatic carbocycles. The second-order valence-electron chi connectivity index (χ2n) is 5.42. The number of nitrogens with zero attached hydrogens (tertiary/aromatic N) is 2. The smallest absolute Gasteiger partial charge is 0.191 e. The molecule has 0 fully saturated rings. The summed E-state index contributed by atoms with van der Waals surface area (Å²) in [5, 5.41) is 15.4. The van der Waals surface area contributed by atoms with Crippen molar-refractivity contribution in [3.63, 3.8) is 0 Å². The van der Waals surface area contributed by atoms with E-state index in [0.717, 1.165) is 36.8 Å². The van der Waals surface area contributed by atoms with Crippen LogP contribution in [0, 0.1) is 11.3 Å². The molecule has 0 aliphatic rings. The third-order valence-electron chi connectivity index (χ3n) is 3.40. The van der Waals surface area contributed by atoms with Crippen molar-refractivity contribution in [1.29, 1.82) is 5.26 Å². The fraction of sp³-hybridized carbons (Fsp3) is 0.368. The highest BCUT2D eigenvalue weighted by molar-refractivity contribution is 14.0. The number of halogens is 1. The number of ether oxygens (including phenoxy) is 1. The Morgan fingerprint density at radius 3 is 2.88 bits per heavy atom. The zero-order chi connectivity index (χ0) is 17.7. The van der Waals surface area contributed by atoms with Crippen molar-refractivity contribution in [3.05, 3.63) is 59.5 Å². The van der Waals surface area contributed by atoms with Crippen LogP contribution >= 0.6 is 24.0 Å². The van der Waals surface area contributed by atoms with Crippen molar-refractivity contribution >= 4 is 29.9 Å². The summed E-state index contributed by atoms with van der Waals surface area (Å²) in [6.45, 7) is 5.26. The quantitative estimate of drug-likeness (QED) is 0.255. The molecule has 0 radical (unpaired) electrons. The van der Waals surface area contributed by atoms with Crippen LogP contribution in [-0.2, 0) is 17.9 Å². The van der Waals surface area contributed by atoms with Gasteiger partial charge in [-0.3, -0.25) is 0 Å². The molecule has 2 N–H and O–H groups in total. The van der Waals surface area contributed by atoms with E-state index < -0.39 is 0 Å². The molecule has 0 bridgehead atoms. The van der Waals surface area contributed by atoms with Gasteiger partial charge in [0, 0.05) is 19.7 Å². The third-order valence-corrected chi connectivity index (χ3v) is 3.40. The zero-order valence-corrected chi connectivity index (χ0v) is 17.2. The van der Waals surface area contributed by atoms with Crippen LogP contribution in [0.2, 0.25) is 0 Å². The highest BCUT2D eigenvalue weighted by Gasteiger charge is 1.99. The highest BCUT2D eigenvalue weighted by Crippen LogP contribution is 2.05. The van der Waals surface area contributed by atoms with Gasteiger partial charge in [-0.2, -0.15) is 5.26 Å². The van der Waals surface area contributed by atoms with Crippen molar-refractivity contribution in [1.82, 2.24) is 10.6 Å². The molecule has 0 amide bonds. The first-order chi connectivity index (χ1) is 12.3. The van der Waals surface area contributed by atoms with E-state index in [0.29, 0.717) is 25.3 Å². The molecule has 0 aliphatic heterocycles. The molecule has 0 aliphatic carbocycles. The Bertz CT molecular complexity index is 696. The fourth-order valence-corrected chi connectivity index (χ4v) is 2.20. The summed E-state index contributed by atoms with van der Waals surface area (Å²) in [6.07, 6.45) is 2.51. The lowest BCUT2D eigenvalue weighted by atomic mass is 10.1. The van der Waals surface area contributed by atoms with Crippen LogP contribution in [0.3, 0.4) is 0 Å². The number of nitrogens with one attached hydrogen (secondary N) is 2. The van der Waals surface area contributed by atoms with Gasteiger partial charge in [-0.15, -0.1) is 24.0 Å². The van der Waals surface area contributed by atoms with Crippen LogP contribution in [0.4, 0.5) is 0 Å². The number of hydrogen-bond acceptors (Lipinski definition) is 4. The van der Waals surface area contributed by atoms with Crippen LogP contribution < -0.4 is 10.6 Å². The minimum Gasteiger partial charge on any atom is -0.467 e. The molecule has 0 saturated heterocycles. The Morgan fingerprint density at radius 1 is 1.27 bits per heavy atom. The van der Waals surface area contributed by atoms with E-state index in [-0.39, 0.29) is 24.0 Å². The minimum atomic E-state index is 0. The summed E-state index contributed by atoms with van der Waals surface area (Å²) in [5.74, 6) is 1.60. The molecule has 0 atom stereocenters. The first-order valence-electron chi connectivity index (χ1n) is 8.43. The second-order valence-corrected chi connectivity index (χ2v) is 5.42. The van der Waals surface area contributed by atoms with Gasteiger partial charge in [0.2, 0.25) is 0 Å². The predicted octanol–water partition coefficient (Wildman–Crippen LogP) is 3.43. The number of benzene rings is 1. The SMILES string of the molecule is CCNC(=NCc1cccc(C#N)c1)NCCCOCc1ccco1.I. The molecular formula is C19H25IN4O2. The van der Waals surface area contributed by atoms with Gasteiger partial charge in [0.25, 0.3) is 0 Å². The van der Waals surface area contributed by atoms with Crippen LogP contribution in [0.25, 0.3) is 0 Å². The van der Waals surface area contributed by atoms with Gasteiger partial charge >= 0.3 is 0 Å². The normalized spacial score (nSPS) is 10.7. The summed E-state index contributed by atoms with van der Waals surface area (Å²) in [6, 6.07) is 13.4. The van der Waals surface area contributed by atoms with E-state index in [1.165, 1.54) is 0 Å². The summed E-state index contributed by atoms with van der Waals surface area (Å²) < 4.78 is 10.8. The molecule has 26 heavy (non-hydrogen) atoms. The van der Waals surface area contributed by atoms with Gasteiger partial charge < -0.3 is 19.8 Å². The van der Waals surface area contributed by atoms with Gasteiger partial charge in [-0.1, -0.05) is 12.1 Å². The maximum absolute atomic E-state index is 8.94. The topological polar surface area (TPSA) is 82.6 Å². The lowest BCUT2D eigenvalue weighted by molar-refractivity contribution is 0.105. The number of furan rings is 1. The van der Waals surface area contributed by atoms with Crippen LogP contribution in [0.1, 0.15) is 30.2 Å². The summed E-state index contributed by atoms with van der Waals surface area (Å²) in [4.78, 5) is 4.55. The Hall–Kier alpha value is -2.05. The third kappa shape index (κ3) is 8.36. The standard InChI is InChI=1S/C19H24N4O2.HI/c1-2-21-19(23-14-17-7-3-6-16(12-17)13-20)22-9-5-10-24-15-18-8-4-11-25-18;/h3-4,6-8,11-12H,2,5,9-10,14-15H2,1H3,(H2,21,22,23);1H. The number of guanidine groups is 1. The Kier molecular flexibility index (Phi) is 11.2. The van der Waals surface area contributed by atoms with E-state index in [1.807, 2.05) is 37.3 Å². The first kappa shape index (κ1) is 22.0. The summed E-state index contributed by atoms with van der Waals surface area (Å²) in [7, 11) is 0. The monoisotopic (exact) mass is 468 g/mol. The molecule has 0 spiro atoms. The second kappa shape index (κ2) is 13.2. The van der Waals surface area contributed by atoms with Crippen molar-refractivity contribution in [3.8, 4) is 6.07 Å². The molecule has 2 aromatic rings. The highest BCUT2D eigenvalue weighted by atomic mass is 127. The first-order valence-corrected chi connectivity index (χ1v) is 8.43. The number of nitriles is 1. The zero-order valence-electron chi connectivity index (χ0n) is 14.9. The molecule has 1 heterocycles. The number of aliphatic imine (C=N–C) groups is 1.